The van der Waals surface area contributed by atoms with Gasteiger partial charge in [0, 0.05) is 11.6 Å². The molecule has 0 bridgehead atoms. The normalized spacial score (nSPS) is 12.3. The molecule has 0 spiro atoms. The summed E-state index contributed by atoms with van der Waals surface area (Å²) in [4.78, 5) is 8.63. The van der Waals surface area contributed by atoms with Crippen LogP contribution in [-0.2, 0) is 5.41 Å². The minimum absolute atomic E-state index is 0.0574. The van der Waals surface area contributed by atoms with Crippen LogP contribution >= 0.6 is 0 Å². The second-order valence-electron chi connectivity index (χ2n) is 4.66. The summed E-state index contributed by atoms with van der Waals surface area (Å²) >= 11 is 0. The summed E-state index contributed by atoms with van der Waals surface area (Å²) in [5.74, 6) is 1.06. The lowest BCUT2D eigenvalue weighted by Gasteiger charge is -2.16. The Hall–Kier alpha value is -1.38. The van der Waals surface area contributed by atoms with Crippen molar-refractivity contribution >= 4 is 5.52 Å². The Labute approximate surface area is 83.8 Å². The lowest BCUT2D eigenvalue weighted by atomic mass is 9.96. The van der Waals surface area contributed by atoms with Gasteiger partial charge in [-0.15, -0.1) is 0 Å². The Morgan fingerprint density at radius 1 is 1.21 bits per heavy atom. The molecule has 74 valence electrons. The van der Waals surface area contributed by atoms with E-state index in [1.165, 1.54) is 0 Å². The molecule has 0 saturated carbocycles. The number of rotatable bonds is 0. The maximum Gasteiger partial charge on any atom is 0.119 e. The quantitative estimate of drug-likeness (QED) is 0.636. The van der Waals surface area contributed by atoms with E-state index in [4.69, 9.17) is 0 Å². The predicted molar refractivity (Wildman–Crippen MR) is 56.4 cm³/mol. The fourth-order valence-corrected chi connectivity index (χ4v) is 1.60. The predicted octanol–water partition coefficient (Wildman–Crippen LogP) is 2.34. The topological polar surface area (TPSA) is 30.2 Å². The van der Waals surface area contributed by atoms with Crippen molar-refractivity contribution in [3.63, 3.8) is 0 Å². The van der Waals surface area contributed by atoms with E-state index in [-0.39, 0.29) is 5.41 Å². The molecule has 0 radical (unpaired) electrons. The van der Waals surface area contributed by atoms with Crippen LogP contribution in [0.2, 0.25) is 0 Å². The minimum Gasteiger partial charge on any atom is -0.286 e. The minimum atomic E-state index is 0.0574. The van der Waals surface area contributed by atoms with E-state index in [1.54, 1.807) is 0 Å². The Morgan fingerprint density at radius 3 is 2.57 bits per heavy atom. The number of imidazole rings is 1. The molecule has 0 N–H and O–H groups in total. The van der Waals surface area contributed by atoms with Crippen molar-refractivity contribution in [2.45, 2.75) is 33.1 Å². The number of aryl methyl sites for hydroxylation is 1. The first-order valence-electron chi connectivity index (χ1n) is 4.78. The zero-order chi connectivity index (χ0) is 10.3. The van der Waals surface area contributed by atoms with Crippen LogP contribution in [0.15, 0.2) is 18.7 Å². The number of nitrogens with zero attached hydrogens (tertiary/aromatic N) is 3. The molecule has 0 saturated heterocycles. The van der Waals surface area contributed by atoms with Crippen molar-refractivity contribution < 1.29 is 0 Å². The highest BCUT2D eigenvalue weighted by atomic mass is 15.1. The van der Waals surface area contributed by atoms with Gasteiger partial charge in [-0.25, -0.2) is 9.97 Å². The van der Waals surface area contributed by atoms with E-state index >= 15 is 0 Å². The summed E-state index contributed by atoms with van der Waals surface area (Å²) in [6.07, 6.45) is 5.61. The van der Waals surface area contributed by atoms with Crippen LogP contribution in [0.5, 0.6) is 0 Å². The highest BCUT2D eigenvalue weighted by Gasteiger charge is 2.19. The van der Waals surface area contributed by atoms with E-state index < -0.39 is 0 Å². The number of fused-ring (bicyclic) bond motifs is 1. The van der Waals surface area contributed by atoms with Gasteiger partial charge >= 0.3 is 0 Å². The standard InChI is InChI=1S/C11H15N3/c1-8-5-12-7-14-9(8)6-13-10(14)11(2,3)4/h5-7H,1-4H3. The molecule has 2 aromatic heterocycles. The maximum absolute atomic E-state index is 4.45. The summed E-state index contributed by atoms with van der Waals surface area (Å²) in [7, 11) is 0. The van der Waals surface area contributed by atoms with Gasteiger partial charge in [0.05, 0.1) is 11.7 Å². The number of hydrogen-bond acceptors (Lipinski definition) is 2. The largest absolute Gasteiger partial charge is 0.286 e. The first kappa shape index (κ1) is 9.19. The zero-order valence-electron chi connectivity index (χ0n) is 9.07. The summed E-state index contributed by atoms with van der Waals surface area (Å²) < 4.78 is 2.06. The molecule has 0 aliphatic heterocycles. The third-order valence-electron chi connectivity index (χ3n) is 2.32. The second kappa shape index (κ2) is 2.80. The Morgan fingerprint density at radius 2 is 1.93 bits per heavy atom. The van der Waals surface area contributed by atoms with Gasteiger partial charge in [-0.3, -0.25) is 4.40 Å². The van der Waals surface area contributed by atoms with Crippen LogP contribution in [0.1, 0.15) is 32.2 Å². The third kappa shape index (κ3) is 1.29. The molecule has 2 aromatic rings. The molecule has 0 fully saturated rings. The van der Waals surface area contributed by atoms with E-state index in [0.717, 1.165) is 16.9 Å². The molecule has 14 heavy (non-hydrogen) atoms. The van der Waals surface area contributed by atoms with Gasteiger partial charge in [0.2, 0.25) is 0 Å². The highest BCUT2D eigenvalue weighted by Crippen LogP contribution is 2.22. The average molecular weight is 189 g/mol. The van der Waals surface area contributed by atoms with E-state index in [0.29, 0.717) is 0 Å². The zero-order valence-corrected chi connectivity index (χ0v) is 9.07. The Bertz CT molecular complexity index is 463. The van der Waals surface area contributed by atoms with E-state index in [9.17, 15) is 0 Å². The van der Waals surface area contributed by atoms with Crippen molar-refractivity contribution in [3.05, 3.63) is 30.1 Å². The molecule has 0 amide bonds. The Kier molecular flexibility index (Phi) is 1.84. The first-order chi connectivity index (χ1) is 6.50. The SMILES string of the molecule is Cc1cncn2c(C(C)(C)C)ncc12. The van der Waals surface area contributed by atoms with Crippen molar-refractivity contribution in [1.29, 1.82) is 0 Å². The molecular weight excluding hydrogens is 174 g/mol. The number of hydrogen-bond donors (Lipinski definition) is 0. The maximum atomic E-state index is 4.45. The highest BCUT2D eigenvalue weighted by molar-refractivity contribution is 5.52. The smallest absolute Gasteiger partial charge is 0.119 e. The summed E-state index contributed by atoms with van der Waals surface area (Å²) in [5.41, 5.74) is 2.36. The van der Waals surface area contributed by atoms with E-state index in [2.05, 4.69) is 42.1 Å². The van der Waals surface area contributed by atoms with Crippen LogP contribution in [0.25, 0.3) is 5.52 Å². The van der Waals surface area contributed by atoms with Gasteiger partial charge in [0.1, 0.15) is 12.2 Å². The molecule has 0 aromatic carbocycles. The molecule has 2 heterocycles. The second-order valence-corrected chi connectivity index (χ2v) is 4.66. The van der Waals surface area contributed by atoms with Crippen LogP contribution in [0.4, 0.5) is 0 Å². The first-order valence-corrected chi connectivity index (χ1v) is 4.78. The molecule has 2 rings (SSSR count). The van der Waals surface area contributed by atoms with Gasteiger partial charge in [-0.1, -0.05) is 20.8 Å². The van der Waals surface area contributed by atoms with Crippen molar-refractivity contribution in [3.8, 4) is 0 Å². The van der Waals surface area contributed by atoms with Gasteiger partial charge < -0.3 is 0 Å². The third-order valence-corrected chi connectivity index (χ3v) is 2.32. The molecule has 3 heteroatoms. The summed E-state index contributed by atoms with van der Waals surface area (Å²) in [5, 5.41) is 0. The molecular formula is C11H15N3. The monoisotopic (exact) mass is 189 g/mol. The van der Waals surface area contributed by atoms with Gasteiger partial charge in [0.25, 0.3) is 0 Å². The van der Waals surface area contributed by atoms with Crippen molar-refractivity contribution in [2.75, 3.05) is 0 Å². The Balaban J connectivity index is 2.76. The van der Waals surface area contributed by atoms with E-state index in [1.807, 2.05) is 18.7 Å². The molecule has 0 atom stereocenters. The summed E-state index contributed by atoms with van der Waals surface area (Å²) in [6, 6.07) is 0. The molecule has 3 nitrogen and oxygen atoms in total. The van der Waals surface area contributed by atoms with Crippen LogP contribution in [-0.4, -0.2) is 14.4 Å². The average Bonchev–Trinajstić information content (AvgIpc) is 2.47. The lowest BCUT2D eigenvalue weighted by molar-refractivity contribution is 0.541. The van der Waals surface area contributed by atoms with Crippen molar-refractivity contribution in [1.82, 2.24) is 14.4 Å². The lowest BCUT2D eigenvalue weighted by Crippen LogP contribution is -2.16. The van der Waals surface area contributed by atoms with Gasteiger partial charge in [-0.05, 0) is 12.5 Å². The fraction of sp³-hybridized carbons (Fsp3) is 0.455. The molecule has 0 unspecified atom stereocenters. The van der Waals surface area contributed by atoms with Gasteiger partial charge in [0.15, 0.2) is 0 Å². The van der Waals surface area contributed by atoms with Crippen LogP contribution in [0.3, 0.4) is 0 Å². The summed E-state index contributed by atoms with van der Waals surface area (Å²) in [6.45, 7) is 8.52. The number of aromatic nitrogens is 3. The van der Waals surface area contributed by atoms with Crippen LogP contribution < -0.4 is 0 Å². The molecule has 0 aliphatic rings. The van der Waals surface area contributed by atoms with Gasteiger partial charge in [-0.2, -0.15) is 0 Å². The van der Waals surface area contributed by atoms with Crippen LogP contribution in [0, 0.1) is 6.92 Å². The molecule has 0 aliphatic carbocycles. The fourth-order valence-electron chi connectivity index (χ4n) is 1.60. The van der Waals surface area contributed by atoms with Crippen molar-refractivity contribution in [2.24, 2.45) is 0 Å².